The highest BCUT2D eigenvalue weighted by atomic mass is 32.1. The van der Waals surface area contributed by atoms with Crippen molar-refractivity contribution in [2.24, 2.45) is 0 Å². The van der Waals surface area contributed by atoms with E-state index in [1.54, 1.807) is 11.3 Å². The smallest absolute Gasteiger partial charge is 0.208 e. The van der Waals surface area contributed by atoms with Gasteiger partial charge in [0.1, 0.15) is 5.51 Å². The average molecular weight is 210 g/mol. The second-order valence-electron chi connectivity index (χ2n) is 4.09. The Balaban J connectivity index is 1.76. The monoisotopic (exact) mass is 210 g/mol. The molecule has 0 amide bonds. The zero-order valence-electron chi connectivity index (χ0n) is 8.02. The molecule has 0 saturated carbocycles. The van der Waals surface area contributed by atoms with Crippen LogP contribution < -0.4 is 10.2 Å². The van der Waals surface area contributed by atoms with Crippen LogP contribution >= 0.6 is 11.3 Å². The van der Waals surface area contributed by atoms with Crippen LogP contribution in [0.3, 0.4) is 0 Å². The van der Waals surface area contributed by atoms with Gasteiger partial charge in [-0.1, -0.05) is 11.3 Å². The zero-order chi connectivity index (χ0) is 9.38. The van der Waals surface area contributed by atoms with Crippen LogP contribution in [0.2, 0.25) is 0 Å². The van der Waals surface area contributed by atoms with E-state index in [1.807, 2.05) is 5.51 Å². The highest BCUT2D eigenvalue weighted by Crippen LogP contribution is 2.24. The van der Waals surface area contributed by atoms with Crippen molar-refractivity contribution in [3.8, 4) is 0 Å². The minimum Gasteiger partial charge on any atom is -0.345 e. The summed E-state index contributed by atoms with van der Waals surface area (Å²) in [6, 6.07) is 1.42. The predicted molar refractivity (Wildman–Crippen MR) is 56.7 cm³/mol. The van der Waals surface area contributed by atoms with Crippen LogP contribution in [0.15, 0.2) is 5.51 Å². The molecule has 0 aromatic carbocycles. The summed E-state index contributed by atoms with van der Waals surface area (Å²) in [6.07, 6.45) is 3.92. The lowest BCUT2D eigenvalue weighted by atomic mass is 10.1. The Labute approximate surface area is 87.3 Å². The Bertz CT molecular complexity index is 300. The van der Waals surface area contributed by atoms with Crippen molar-refractivity contribution >= 4 is 16.5 Å². The molecule has 2 bridgehead atoms. The Kier molecular flexibility index (Phi) is 2.14. The summed E-state index contributed by atoms with van der Waals surface area (Å²) >= 11 is 1.64. The number of nitrogens with zero attached hydrogens (tertiary/aromatic N) is 3. The Morgan fingerprint density at radius 1 is 1.36 bits per heavy atom. The lowest BCUT2D eigenvalue weighted by Crippen LogP contribution is -2.35. The quantitative estimate of drug-likeness (QED) is 0.746. The third-order valence-corrected chi connectivity index (χ3v) is 3.89. The van der Waals surface area contributed by atoms with Crippen LogP contribution in [0.25, 0.3) is 0 Å². The summed E-state index contributed by atoms with van der Waals surface area (Å²) in [7, 11) is 0. The third-order valence-electron chi connectivity index (χ3n) is 3.14. The minimum atomic E-state index is 0.673. The van der Waals surface area contributed by atoms with Crippen molar-refractivity contribution < 1.29 is 0 Å². The normalized spacial score (nSPS) is 31.9. The van der Waals surface area contributed by atoms with Crippen molar-refractivity contribution in [3.63, 3.8) is 0 Å². The van der Waals surface area contributed by atoms with Gasteiger partial charge < -0.3 is 10.2 Å². The van der Waals surface area contributed by atoms with Crippen LogP contribution in [0, 0.1) is 0 Å². The minimum absolute atomic E-state index is 0.673. The van der Waals surface area contributed by atoms with Crippen LogP contribution in [0.1, 0.15) is 19.3 Å². The molecule has 2 unspecified atom stereocenters. The molecule has 3 rings (SSSR count). The highest BCUT2D eigenvalue weighted by Gasteiger charge is 2.29. The van der Waals surface area contributed by atoms with E-state index in [4.69, 9.17) is 0 Å². The molecule has 2 aliphatic rings. The van der Waals surface area contributed by atoms with E-state index in [0.29, 0.717) is 6.04 Å². The van der Waals surface area contributed by atoms with Gasteiger partial charge in [0.15, 0.2) is 0 Å². The summed E-state index contributed by atoms with van der Waals surface area (Å²) in [4.78, 5) is 2.37. The Morgan fingerprint density at radius 2 is 2.29 bits per heavy atom. The van der Waals surface area contributed by atoms with E-state index in [0.717, 1.165) is 24.3 Å². The average Bonchev–Trinajstić information content (AvgIpc) is 2.75. The van der Waals surface area contributed by atoms with Gasteiger partial charge in [-0.2, -0.15) is 0 Å². The second kappa shape index (κ2) is 3.47. The molecule has 3 heterocycles. The molecule has 4 nitrogen and oxygen atoms in total. The molecule has 2 fully saturated rings. The molecule has 0 radical (unpaired) electrons. The topological polar surface area (TPSA) is 41.1 Å². The van der Waals surface area contributed by atoms with Crippen LogP contribution in [-0.4, -0.2) is 35.4 Å². The van der Waals surface area contributed by atoms with Gasteiger partial charge in [0.05, 0.1) is 0 Å². The predicted octanol–water partition coefficient (Wildman–Crippen LogP) is 0.869. The fourth-order valence-corrected chi connectivity index (χ4v) is 3.02. The fraction of sp³-hybridized carbons (Fsp3) is 0.778. The zero-order valence-corrected chi connectivity index (χ0v) is 8.83. The van der Waals surface area contributed by atoms with E-state index in [2.05, 4.69) is 20.4 Å². The molecule has 0 spiro atoms. The summed E-state index contributed by atoms with van der Waals surface area (Å²) in [5.41, 5.74) is 1.81. The second-order valence-corrected chi connectivity index (χ2v) is 4.91. The molecule has 0 aliphatic carbocycles. The van der Waals surface area contributed by atoms with Gasteiger partial charge >= 0.3 is 0 Å². The van der Waals surface area contributed by atoms with E-state index in [9.17, 15) is 0 Å². The molecule has 2 atom stereocenters. The molecular weight excluding hydrogens is 196 g/mol. The van der Waals surface area contributed by atoms with Crippen molar-refractivity contribution in [2.45, 2.75) is 31.3 Å². The molecule has 5 heteroatoms. The van der Waals surface area contributed by atoms with Gasteiger partial charge in [-0.05, 0) is 19.3 Å². The van der Waals surface area contributed by atoms with E-state index < -0.39 is 0 Å². The van der Waals surface area contributed by atoms with Gasteiger partial charge in [0.2, 0.25) is 5.13 Å². The molecule has 76 valence electrons. The molecule has 14 heavy (non-hydrogen) atoms. The first kappa shape index (κ1) is 8.61. The fourth-order valence-electron chi connectivity index (χ4n) is 2.42. The summed E-state index contributed by atoms with van der Waals surface area (Å²) in [6.45, 7) is 2.23. The summed E-state index contributed by atoms with van der Waals surface area (Å²) in [5.74, 6) is 0. The lowest BCUT2D eigenvalue weighted by molar-refractivity contribution is 0.563. The first-order chi connectivity index (χ1) is 6.92. The standard InChI is InChI=1S/C9H14N4S/c1-2-8-5-13(4-3-7(1)11-8)9-12-10-6-14-9/h6-8,11H,1-5H2. The molecular formula is C9H14N4S. The van der Waals surface area contributed by atoms with E-state index >= 15 is 0 Å². The maximum atomic E-state index is 4.13. The van der Waals surface area contributed by atoms with Crippen molar-refractivity contribution in [1.82, 2.24) is 15.5 Å². The van der Waals surface area contributed by atoms with Crippen molar-refractivity contribution in [2.75, 3.05) is 18.0 Å². The number of nitrogens with one attached hydrogen (secondary N) is 1. The number of hydrogen-bond donors (Lipinski definition) is 1. The molecule has 2 saturated heterocycles. The van der Waals surface area contributed by atoms with Crippen LogP contribution in [0.4, 0.5) is 5.13 Å². The third kappa shape index (κ3) is 1.50. The molecule has 1 aromatic rings. The van der Waals surface area contributed by atoms with Crippen molar-refractivity contribution in [1.29, 1.82) is 0 Å². The maximum Gasteiger partial charge on any atom is 0.208 e. The van der Waals surface area contributed by atoms with Gasteiger partial charge in [0.25, 0.3) is 0 Å². The van der Waals surface area contributed by atoms with Gasteiger partial charge in [0, 0.05) is 25.2 Å². The van der Waals surface area contributed by atoms with E-state index in [1.165, 1.54) is 19.3 Å². The number of anilines is 1. The SMILES string of the molecule is c1nnc(N2CCC3CCC(C2)N3)s1. The Morgan fingerprint density at radius 3 is 3.14 bits per heavy atom. The molecule has 2 aliphatic heterocycles. The van der Waals surface area contributed by atoms with Crippen LogP contribution in [0.5, 0.6) is 0 Å². The Hall–Kier alpha value is -0.680. The molecule has 1 N–H and O–H groups in total. The number of rotatable bonds is 1. The van der Waals surface area contributed by atoms with Gasteiger partial charge in [-0.25, -0.2) is 0 Å². The number of aromatic nitrogens is 2. The summed E-state index contributed by atoms with van der Waals surface area (Å²) in [5, 5.41) is 12.8. The first-order valence-electron chi connectivity index (χ1n) is 5.19. The number of fused-ring (bicyclic) bond motifs is 2. The molecule has 1 aromatic heterocycles. The van der Waals surface area contributed by atoms with Crippen molar-refractivity contribution in [3.05, 3.63) is 5.51 Å². The van der Waals surface area contributed by atoms with Gasteiger partial charge in [-0.3, -0.25) is 0 Å². The van der Waals surface area contributed by atoms with Crippen LogP contribution in [-0.2, 0) is 0 Å². The lowest BCUT2D eigenvalue weighted by Gasteiger charge is -2.22. The number of hydrogen-bond acceptors (Lipinski definition) is 5. The largest absolute Gasteiger partial charge is 0.345 e. The van der Waals surface area contributed by atoms with Gasteiger partial charge in [-0.15, -0.1) is 10.2 Å². The van der Waals surface area contributed by atoms with E-state index in [-0.39, 0.29) is 0 Å². The highest BCUT2D eigenvalue weighted by molar-refractivity contribution is 7.13. The summed E-state index contributed by atoms with van der Waals surface area (Å²) < 4.78 is 0. The first-order valence-corrected chi connectivity index (χ1v) is 6.07. The maximum absolute atomic E-state index is 4.13.